The average molecular weight is 376 g/mol. The van der Waals surface area contributed by atoms with Crippen molar-refractivity contribution >= 4 is 17.6 Å². The maximum Gasteiger partial charge on any atom is 0.303 e. The fourth-order valence-corrected chi connectivity index (χ4v) is 3.61. The number of anilines is 1. The van der Waals surface area contributed by atoms with Crippen LogP contribution in [0.4, 0.5) is 5.69 Å². The molecule has 1 unspecified atom stereocenters. The number of aliphatic carboxylic acids is 1. The molecule has 1 aliphatic heterocycles. The summed E-state index contributed by atoms with van der Waals surface area (Å²) in [4.78, 5) is 34.3. The molecule has 1 amide bonds. The van der Waals surface area contributed by atoms with Crippen molar-refractivity contribution in [2.75, 3.05) is 11.4 Å². The summed E-state index contributed by atoms with van der Waals surface area (Å²) in [7, 11) is 0. The van der Waals surface area contributed by atoms with Gasteiger partial charge in [-0.05, 0) is 42.5 Å². The normalized spacial score (nSPS) is 15.9. The van der Waals surface area contributed by atoms with Crippen molar-refractivity contribution in [2.24, 2.45) is 5.92 Å². The molecule has 0 saturated carbocycles. The third-order valence-corrected chi connectivity index (χ3v) is 5.01. The van der Waals surface area contributed by atoms with Gasteiger partial charge in [0.05, 0.1) is 5.56 Å². The van der Waals surface area contributed by atoms with Gasteiger partial charge in [0.25, 0.3) is 5.91 Å². The summed E-state index contributed by atoms with van der Waals surface area (Å²) in [6.07, 6.45) is 8.12. The molecule has 142 valence electrons. The zero-order valence-corrected chi connectivity index (χ0v) is 15.2. The third-order valence-electron chi connectivity index (χ3n) is 5.01. The molecule has 7 nitrogen and oxygen atoms in total. The Morgan fingerprint density at radius 1 is 1.18 bits per heavy atom. The number of hydrogen-bond acceptors (Lipinski definition) is 4. The lowest BCUT2D eigenvalue weighted by Crippen LogP contribution is -2.40. The Balaban J connectivity index is 1.59. The van der Waals surface area contributed by atoms with E-state index < -0.39 is 5.97 Å². The number of carboxylic acid groups (broad SMARTS) is 1. The average Bonchev–Trinajstić information content (AvgIpc) is 3.26. The van der Waals surface area contributed by atoms with E-state index in [1.54, 1.807) is 46.5 Å². The molecule has 2 aromatic heterocycles. The number of amides is 1. The van der Waals surface area contributed by atoms with Gasteiger partial charge in [-0.2, -0.15) is 0 Å². The van der Waals surface area contributed by atoms with Gasteiger partial charge >= 0.3 is 5.97 Å². The zero-order chi connectivity index (χ0) is 19.5. The molecule has 4 rings (SSSR count). The number of pyridine rings is 1. The van der Waals surface area contributed by atoms with E-state index in [0.29, 0.717) is 24.3 Å². The van der Waals surface area contributed by atoms with E-state index in [2.05, 4.69) is 9.97 Å². The summed E-state index contributed by atoms with van der Waals surface area (Å²) in [6.45, 7) is 0.506. The minimum Gasteiger partial charge on any atom is -0.481 e. The Labute approximate surface area is 162 Å². The zero-order valence-electron chi connectivity index (χ0n) is 15.2. The van der Waals surface area contributed by atoms with E-state index in [9.17, 15) is 9.59 Å². The van der Waals surface area contributed by atoms with Gasteiger partial charge in [0, 0.05) is 37.2 Å². The van der Waals surface area contributed by atoms with Crippen LogP contribution in [0.1, 0.15) is 28.8 Å². The Morgan fingerprint density at radius 2 is 2.04 bits per heavy atom. The third kappa shape index (κ3) is 3.64. The lowest BCUT2D eigenvalue weighted by Gasteiger charge is -2.34. The summed E-state index contributed by atoms with van der Waals surface area (Å²) in [5.41, 5.74) is 2.45. The van der Waals surface area contributed by atoms with Gasteiger partial charge in [0.2, 0.25) is 0 Å². The quantitative estimate of drug-likeness (QED) is 0.740. The first-order chi connectivity index (χ1) is 13.6. The second-order valence-electron chi connectivity index (χ2n) is 6.92. The highest BCUT2D eigenvalue weighted by Gasteiger charge is 2.29. The predicted molar refractivity (Wildman–Crippen MR) is 104 cm³/mol. The summed E-state index contributed by atoms with van der Waals surface area (Å²) in [5, 5.41) is 9.00. The monoisotopic (exact) mass is 376 g/mol. The molecule has 1 aromatic carbocycles. The maximum atomic E-state index is 13.2. The number of rotatable bonds is 5. The predicted octanol–water partition coefficient (Wildman–Crippen LogP) is 2.95. The van der Waals surface area contributed by atoms with Gasteiger partial charge in [-0.15, -0.1) is 0 Å². The largest absolute Gasteiger partial charge is 0.481 e. The van der Waals surface area contributed by atoms with E-state index >= 15 is 0 Å². The van der Waals surface area contributed by atoms with Crippen molar-refractivity contribution in [3.8, 4) is 5.82 Å². The number of para-hydroxylation sites is 1. The van der Waals surface area contributed by atoms with Gasteiger partial charge in [-0.3, -0.25) is 14.2 Å². The first kappa shape index (κ1) is 17.9. The van der Waals surface area contributed by atoms with Crippen LogP contribution in [0.15, 0.2) is 61.3 Å². The number of imidazole rings is 1. The topological polar surface area (TPSA) is 88.3 Å². The molecule has 3 aromatic rings. The van der Waals surface area contributed by atoms with Crippen LogP contribution in [0, 0.1) is 5.92 Å². The summed E-state index contributed by atoms with van der Waals surface area (Å²) >= 11 is 0. The van der Waals surface area contributed by atoms with E-state index in [1.165, 1.54) is 0 Å². The van der Waals surface area contributed by atoms with Crippen LogP contribution in [0.2, 0.25) is 0 Å². The molecule has 1 atom stereocenters. The second-order valence-corrected chi connectivity index (χ2v) is 6.92. The number of nitrogens with zero attached hydrogens (tertiary/aromatic N) is 4. The van der Waals surface area contributed by atoms with Crippen LogP contribution in [-0.2, 0) is 11.2 Å². The fourth-order valence-electron chi connectivity index (χ4n) is 3.61. The Hall–Kier alpha value is -3.48. The van der Waals surface area contributed by atoms with Crippen molar-refractivity contribution in [2.45, 2.75) is 19.3 Å². The molecule has 0 fully saturated rings. The molecule has 0 aliphatic carbocycles. The van der Waals surface area contributed by atoms with Crippen molar-refractivity contribution in [1.82, 2.24) is 14.5 Å². The molecular formula is C21H20N4O3. The minimum absolute atomic E-state index is 0.107. The van der Waals surface area contributed by atoms with E-state index in [0.717, 1.165) is 17.7 Å². The summed E-state index contributed by atoms with van der Waals surface area (Å²) in [5.74, 6) is -0.131. The lowest BCUT2D eigenvalue weighted by atomic mass is 9.89. The van der Waals surface area contributed by atoms with Crippen molar-refractivity contribution < 1.29 is 14.7 Å². The van der Waals surface area contributed by atoms with E-state index in [1.807, 2.05) is 24.3 Å². The molecule has 0 bridgehead atoms. The van der Waals surface area contributed by atoms with E-state index in [-0.39, 0.29) is 18.2 Å². The van der Waals surface area contributed by atoms with Crippen molar-refractivity contribution in [1.29, 1.82) is 0 Å². The van der Waals surface area contributed by atoms with Gasteiger partial charge < -0.3 is 10.0 Å². The molecule has 0 saturated heterocycles. The lowest BCUT2D eigenvalue weighted by molar-refractivity contribution is -0.137. The first-order valence-electron chi connectivity index (χ1n) is 9.18. The Kier molecular flexibility index (Phi) is 4.89. The number of fused-ring (bicyclic) bond motifs is 1. The number of carboxylic acids is 1. The van der Waals surface area contributed by atoms with Crippen molar-refractivity contribution in [3.63, 3.8) is 0 Å². The molecule has 7 heteroatoms. The minimum atomic E-state index is -0.809. The Bertz CT molecular complexity index is 983. The molecule has 1 aliphatic rings. The van der Waals surface area contributed by atoms with Gasteiger partial charge in [0.15, 0.2) is 0 Å². The highest BCUT2D eigenvalue weighted by Crippen LogP contribution is 2.32. The molecule has 0 radical (unpaired) electrons. The number of carbonyl (C=O) groups excluding carboxylic acids is 1. The van der Waals surface area contributed by atoms with Crippen LogP contribution in [0.5, 0.6) is 0 Å². The van der Waals surface area contributed by atoms with Gasteiger partial charge in [0.1, 0.15) is 12.1 Å². The van der Waals surface area contributed by atoms with Gasteiger partial charge in [-0.1, -0.05) is 18.2 Å². The Morgan fingerprint density at radius 3 is 2.75 bits per heavy atom. The summed E-state index contributed by atoms with van der Waals surface area (Å²) < 4.78 is 1.77. The molecular weight excluding hydrogens is 356 g/mol. The molecule has 3 heterocycles. The number of aromatic nitrogens is 3. The number of hydrogen-bond donors (Lipinski definition) is 1. The van der Waals surface area contributed by atoms with Crippen LogP contribution in [0.3, 0.4) is 0 Å². The second kappa shape index (κ2) is 7.64. The highest BCUT2D eigenvalue weighted by molar-refractivity contribution is 6.06. The first-order valence-corrected chi connectivity index (χ1v) is 9.18. The fraction of sp³-hybridized carbons (Fsp3) is 0.238. The molecule has 0 spiro atoms. The SMILES string of the molecule is O=C(O)CCC1Cc2ccccc2N(C(=O)c2ccc(-n3ccnc3)nc2)C1. The van der Waals surface area contributed by atoms with E-state index in [4.69, 9.17) is 5.11 Å². The molecule has 1 N–H and O–H groups in total. The number of benzene rings is 1. The molecule has 28 heavy (non-hydrogen) atoms. The van der Waals surface area contributed by atoms with Crippen LogP contribution >= 0.6 is 0 Å². The van der Waals surface area contributed by atoms with Gasteiger partial charge in [-0.25, -0.2) is 9.97 Å². The van der Waals surface area contributed by atoms with Crippen LogP contribution in [0.25, 0.3) is 5.82 Å². The van der Waals surface area contributed by atoms with Crippen molar-refractivity contribution in [3.05, 3.63) is 72.4 Å². The standard InChI is InChI=1S/C21H20N4O3/c26-20(27)8-5-15-11-16-3-1-2-4-18(16)25(13-15)21(28)17-6-7-19(23-12-17)24-10-9-22-14-24/h1-4,6-7,9-10,12,14-15H,5,8,11,13H2,(H,26,27). The highest BCUT2D eigenvalue weighted by atomic mass is 16.4. The van der Waals surface area contributed by atoms with Crippen LogP contribution in [-0.4, -0.2) is 38.1 Å². The number of carbonyl (C=O) groups is 2. The van der Waals surface area contributed by atoms with Crippen LogP contribution < -0.4 is 4.90 Å². The maximum absolute atomic E-state index is 13.2. The smallest absolute Gasteiger partial charge is 0.303 e. The summed E-state index contributed by atoms with van der Waals surface area (Å²) in [6, 6.07) is 11.3.